The molecule has 2 rings (SSSR count). The molecule has 2 unspecified atom stereocenters. The highest BCUT2D eigenvalue weighted by molar-refractivity contribution is 5.16. The molecule has 1 aliphatic heterocycles. The minimum Gasteiger partial charge on any atom is -0.374 e. The number of H-pyrrole nitrogens is 1. The zero-order valence-corrected chi connectivity index (χ0v) is 8.42. The van der Waals surface area contributed by atoms with E-state index < -0.39 is 0 Å². The molecule has 1 aromatic heterocycles. The Morgan fingerprint density at radius 2 is 2.57 bits per heavy atom. The number of rotatable bonds is 3. The Hall–Kier alpha value is -0.840. The molecule has 0 bridgehead atoms. The Labute approximate surface area is 84.0 Å². The first-order chi connectivity index (χ1) is 6.92. The number of nitrogens with one attached hydrogen (secondary N) is 3. The van der Waals surface area contributed by atoms with Gasteiger partial charge in [0.05, 0.1) is 18.8 Å². The van der Waals surface area contributed by atoms with Crippen LogP contribution in [0.25, 0.3) is 0 Å². The molecule has 3 N–H and O–H groups in total. The predicted octanol–water partition coefficient (Wildman–Crippen LogP) is 0.264. The van der Waals surface area contributed by atoms with Gasteiger partial charge in [-0.05, 0) is 18.7 Å². The summed E-state index contributed by atoms with van der Waals surface area (Å²) in [4.78, 5) is 3.07. The molecule has 0 saturated carbocycles. The van der Waals surface area contributed by atoms with Crippen LogP contribution in [0.4, 0.5) is 0 Å². The van der Waals surface area contributed by atoms with Gasteiger partial charge in [-0.3, -0.25) is 0 Å². The maximum absolute atomic E-state index is 5.72. The third-order valence-corrected chi connectivity index (χ3v) is 2.62. The standard InChI is InChI=1S/C10H17N3O/c1-11-10(8-2-3-12-6-8)9-7-13-4-5-14-9/h2-3,6,9-13H,4-5,7H2,1H3. The minimum atomic E-state index is 0.226. The van der Waals surface area contributed by atoms with Crippen molar-refractivity contribution in [1.82, 2.24) is 15.6 Å². The number of morpholine rings is 1. The maximum Gasteiger partial charge on any atom is 0.0894 e. The molecule has 1 saturated heterocycles. The summed E-state index contributed by atoms with van der Waals surface area (Å²) in [7, 11) is 1.97. The number of aromatic nitrogens is 1. The second kappa shape index (κ2) is 4.59. The van der Waals surface area contributed by atoms with Gasteiger partial charge in [-0.2, -0.15) is 0 Å². The zero-order valence-electron chi connectivity index (χ0n) is 8.42. The van der Waals surface area contributed by atoms with E-state index in [1.54, 1.807) is 0 Å². The highest BCUT2D eigenvalue weighted by Crippen LogP contribution is 2.19. The number of hydrogen-bond acceptors (Lipinski definition) is 3. The van der Waals surface area contributed by atoms with E-state index in [9.17, 15) is 0 Å². The summed E-state index contributed by atoms with van der Waals surface area (Å²) in [5.41, 5.74) is 1.25. The Bertz CT molecular complexity index is 254. The fraction of sp³-hybridized carbons (Fsp3) is 0.600. The molecule has 1 fully saturated rings. The molecule has 2 heterocycles. The van der Waals surface area contributed by atoms with E-state index >= 15 is 0 Å². The Balaban J connectivity index is 2.04. The van der Waals surface area contributed by atoms with Gasteiger partial charge in [0, 0.05) is 25.5 Å². The van der Waals surface area contributed by atoms with E-state index in [-0.39, 0.29) is 12.1 Å². The lowest BCUT2D eigenvalue weighted by Crippen LogP contribution is -2.45. The van der Waals surface area contributed by atoms with Crippen molar-refractivity contribution in [1.29, 1.82) is 0 Å². The second-order valence-corrected chi connectivity index (χ2v) is 3.52. The first-order valence-corrected chi connectivity index (χ1v) is 5.04. The Morgan fingerprint density at radius 3 is 3.14 bits per heavy atom. The lowest BCUT2D eigenvalue weighted by molar-refractivity contribution is 0.00540. The summed E-state index contributed by atoms with van der Waals surface area (Å²) >= 11 is 0. The van der Waals surface area contributed by atoms with Crippen LogP contribution in [0.2, 0.25) is 0 Å². The van der Waals surface area contributed by atoms with E-state index in [0.29, 0.717) is 0 Å². The number of aromatic amines is 1. The fourth-order valence-electron chi connectivity index (χ4n) is 1.90. The molecule has 0 radical (unpaired) electrons. The number of hydrogen-bond donors (Lipinski definition) is 3. The smallest absolute Gasteiger partial charge is 0.0894 e. The third-order valence-electron chi connectivity index (χ3n) is 2.62. The molecule has 0 aliphatic carbocycles. The van der Waals surface area contributed by atoms with Crippen LogP contribution in [0.3, 0.4) is 0 Å². The topological polar surface area (TPSA) is 49.1 Å². The number of likely N-dealkylation sites (N-methyl/N-ethyl adjacent to an activating group) is 1. The van der Waals surface area contributed by atoms with Gasteiger partial charge in [0.2, 0.25) is 0 Å². The highest BCUT2D eigenvalue weighted by atomic mass is 16.5. The quantitative estimate of drug-likeness (QED) is 0.648. The molecule has 0 amide bonds. The van der Waals surface area contributed by atoms with Gasteiger partial charge < -0.3 is 20.4 Å². The molecule has 1 aliphatic rings. The molecule has 0 spiro atoms. The lowest BCUT2D eigenvalue weighted by atomic mass is 10.0. The molecular weight excluding hydrogens is 178 g/mol. The van der Waals surface area contributed by atoms with Gasteiger partial charge in [-0.1, -0.05) is 0 Å². The summed E-state index contributed by atoms with van der Waals surface area (Å²) in [6, 6.07) is 2.35. The van der Waals surface area contributed by atoms with Crippen LogP contribution in [0.15, 0.2) is 18.5 Å². The van der Waals surface area contributed by atoms with Crippen LogP contribution in [0, 0.1) is 0 Å². The summed E-state index contributed by atoms with van der Waals surface area (Å²) < 4.78 is 5.72. The van der Waals surface area contributed by atoms with Crippen molar-refractivity contribution in [3.63, 3.8) is 0 Å². The molecule has 4 nitrogen and oxygen atoms in total. The number of ether oxygens (including phenoxy) is 1. The third kappa shape index (κ3) is 1.97. The molecule has 1 aromatic rings. The van der Waals surface area contributed by atoms with Crippen molar-refractivity contribution in [2.75, 3.05) is 26.7 Å². The van der Waals surface area contributed by atoms with Crippen molar-refractivity contribution in [2.24, 2.45) is 0 Å². The van der Waals surface area contributed by atoms with Gasteiger partial charge >= 0.3 is 0 Å². The minimum absolute atomic E-state index is 0.226. The largest absolute Gasteiger partial charge is 0.374 e. The average molecular weight is 195 g/mol. The van der Waals surface area contributed by atoms with Crippen molar-refractivity contribution in [2.45, 2.75) is 12.1 Å². The molecule has 14 heavy (non-hydrogen) atoms. The summed E-state index contributed by atoms with van der Waals surface area (Å²) in [5.74, 6) is 0. The van der Waals surface area contributed by atoms with E-state index in [0.717, 1.165) is 19.7 Å². The van der Waals surface area contributed by atoms with E-state index in [4.69, 9.17) is 4.74 Å². The summed E-state index contributed by atoms with van der Waals surface area (Å²) in [6.45, 7) is 2.67. The van der Waals surface area contributed by atoms with E-state index in [2.05, 4.69) is 21.7 Å². The van der Waals surface area contributed by atoms with Crippen molar-refractivity contribution < 1.29 is 4.74 Å². The van der Waals surface area contributed by atoms with Crippen molar-refractivity contribution in [3.8, 4) is 0 Å². The molecule has 4 heteroatoms. The summed E-state index contributed by atoms with van der Waals surface area (Å²) in [5, 5.41) is 6.63. The van der Waals surface area contributed by atoms with Crippen LogP contribution >= 0.6 is 0 Å². The first kappa shape index (κ1) is 9.71. The zero-order chi connectivity index (χ0) is 9.80. The van der Waals surface area contributed by atoms with Crippen LogP contribution in [0.1, 0.15) is 11.6 Å². The van der Waals surface area contributed by atoms with Crippen LogP contribution in [-0.4, -0.2) is 37.8 Å². The fourth-order valence-corrected chi connectivity index (χ4v) is 1.90. The van der Waals surface area contributed by atoms with Gasteiger partial charge in [-0.25, -0.2) is 0 Å². The van der Waals surface area contributed by atoms with Crippen molar-refractivity contribution >= 4 is 0 Å². The molecule has 0 aromatic carbocycles. The predicted molar refractivity (Wildman–Crippen MR) is 55.2 cm³/mol. The molecule has 2 atom stereocenters. The Kier molecular flexibility index (Phi) is 3.18. The summed E-state index contributed by atoms with van der Waals surface area (Å²) in [6.07, 6.45) is 4.18. The lowest BCUT2D eigenvalue weighted by Gasteiger charge is -2.30. The molecular formula is C10H17N3O. The normalized spacial score (nSPS) is 24.8. The monoisotopic (exact) mass is 195 g/mol. The van der Waals surface area contributed by atoms with Gasteiger partial charge in [-0.15, -0.1) is 0 Å². The van der Waals surface area contributed by atoms with Gasteiger partial charge in [0.25, 0.3) is 0 Å². The van der Waals surface area contributed by atoms with Gasteiger partial charge in [0.15, 0.2) is 0 Å². The second-order valence-electron chi connectivity index (χ2n) is 3.52. The molecule has 78 valence electrons. The Morgan fingerprint density at radius 1 is 1.64 bits per heavy atom. The SMILES string of the molecule is CNC(c1cc[nH]c1)C1CNCCO1. The van der Waals surface area contributed by atoms with E-state index in [1.807, 2.05) is 19.4 Å². The van der Waals surface area contributed by atoms with Crippen molar-refractivity contribution in [3.05, 3.63) is 24.0 Å². The van der Waals surface area contributed by atoms with Crippen LogP contribution in [0.5, 0.6) is 0 Å². The van der Waals surface area contributed by atoms with Crippen LogP contribution in [-0.2, 0) is 4.74 Å². The van der Waals surface area contributed by atoms with E-state index in [1.165, 1.54) is 5.56 Å². The van der Waals surface area contributed by atoms with Crippen LogP contribution < -0.4 is 10.6 Å². The maximum atomic E-state index is 5.72. The first-order valence-electron chi connectivity index (χ1n) is 5.04. The highest BCUT2D eigenvalue weighted by Gasteiger charge is 2.24. The average Bonchev–Trinajstić information content (AvgIpc) is 2.74. The van der Waals surface area contributed by atoms with Gasteiger partial charge in [0.1, 0.15) is 0 Å².